The molecule has 4 heterocycles. The number of likely N-dealkylation sites (tertiary alicyclic amines) is 1. The summed E-state index contributed by atoms with van der Waals surface area (Å²) in [6.07, 6.45) is 2.03. The Kier molecular flexibility index (Phi) is 4.57. The normalized spacial score (nSPS) is 19.9. The SMILES string of the molecule is Cc1ccc2c3c(ccc2n1)OCC(CN1CC(C(C)c2c[nH]c4ccc(F)cc24)C1)O3. The number of pyridine rings is 1. The summed E-state index contributed by atoms with van der Waals surface area (Å²) in [7, 11) is 0. The molecule has 2 aromatic carbocycles. The molecule has 6 heteroatoms. The van der Waals surface area contributed by atoms with Crippen molar-refractivity contribution in [3.05, 3.63) is 65.7 Å². The molecule has 0 aliphatic carbocycles. The number of aromatic amines is 1. The van der Waals surface area contributed by atoms with E-state index in [1.807, 2.05) is 37.4 Å². The molecular formula is C26H26FN3O2. The van der Waals surface area contributed by atoms with E-state index in [2.05, 4.69) is 27.9 Å². The molecule has 2 aliphatic heterocycles. The third kappa shape index (κ3) is 3.30. The molecule has 1 N–H and O–H groups in total. The van der Waals surface area contributed by atoms with Crippen LogP contribution in [0, 0.1) is 18.7 Å². The van der Waals surface area contributed by atoms with E-state index in [0.29, 0.717) is 18.4 Å². The van der Waals surface area contributed by atoms with Crippen molar-refractivity contribution in [2.75, 3.05) is 26.2 Å². The van der Waals surface area contributed by atoms with Crippen molar-refractivity contribution in [1.82, 2.24) is 14.9 Å². The van der Waals surface area contributed by atoms with E-state index in [9.17, 15) is 4.39 Å². The second kappa shape index (κ2) is 7.48. The number of nitrogens with zero attached hydrogens (tertiary/aromatic N) is 2. The van der Waals surface area contributed by atoms with Gasteiger partial charge in [-0.1, -0.05) is 6.92 Å². The highest BCUT2D eigenvalue weighted by molar-refractivity contribution is 5.88. The highest BCUT2D eigenvalue weighted by Crippen LogP contribution is 2.40. The van der Waals surface area contributed by atoms with E-state index in [4.69, 9.17) is 9.47 Å². The van der Waals surface area contributed by atoms with E-state index in [-0.39, 0.29) is 11.9 Å². The molecule has 0 amide bonds. The van der Waals surface area contributed by atoms with Crippen molar-refractivity contribution in [3.63, 3.8) is 0 Å². The summed E-state index contributed by atoms with van der Waals surface area (Å²) in [5.41, 5.74) is 4.11. The van der Waals surface area contributed by atoms with Crippen molar-refractivity contribution in [2.24, 2.45) is 5.92 Å². The van der Waals surface area contributed by atoms with Crippen LogP contribution in [-0.2, 0) is 0 Å². The predicted molar refractivity (Wildman–Crippen MR) is 123 cm³/mol. The lowest BCUT2D eigenvalue weighted by molar-refractivity contribution is 0.0117. The van der Waals surface area contributed by atoms with Crippen LogP contribution in [0.25, 0.3) is 21.8 Å². The van der Waals surface area contributed by atoms with Gasteiger partial charge >= 0.3 is 0 Å². The van der Waals surface area contributed by atoms with Crippen molar-refractivity contribution >= 4 is 21.8 Å². The van der Waals surface area contributed by atoms with Crippen LogP contribution in [0.3, 0.4) is 0 Å². The Labute approximate surface area is 186 Å². The van der Waals surface area contributed by atoms with Crippen molar-refractivity contribution < 1.29 is 13.9 Å². The third-order valence-electron chi connectivity index (χ3n) is 6.95. The molecule has 4 aromatic rings. The van der Waals surface area contributed by atoms with Crippen molar-refractivity contribution in [3.8, 4) is 11.5 Å². The highest BCUT2D eigenvalue weighted by atomic mass is 19.1. The van der Waals surface area contributed by atoms with E-state index >= 15 is 0 Å². The van der Waals surface area contributed by atoms with Crippen LogP contribution in [-0.4, -0.2) is 47.2 Å². The number of H-pyrrole nitrogens is 1. The summed E-state index contributed by atoms with van der Waals surface area (Å²) in [5.74, 6) is 2.32. The van der Waals surface area contributed by atoms with Gasteiger partial charge in [-0.25, -0.2) is 4.39 Å². The number of ether oxygens (including phenoxy) is 2. The molecule has 0 spiro atoms. The smallest absolute Gasteiger partial charge is 0.171 e. The number of benzene rings is 2. The number of nitrogens with one attached hydrogen (secondary N) is 1. The van der Waals surface area contributed by atoms with Gasteiger partial charge in [0, 0.05) is 47.8 Å². The van der Waals surface area contributed by atoms with Gasteiger partial charge < -0.3 is 14.5 Å². The summed E-state index contributed by atoms with van der Waals surface area (Å²) in [5, 5.41) is 1.99. The Balaban J connectivity index is 1.12. The molecule has 0 bridgehead atoms. The topological polar surface area (TPSA) is 50.4 Å². The Morgan fingerprint density at radius 3 is 2.91 bits per heavy atom. The fourth-order valence-electron chi connectivity index (χ4n) is 5.08. The van der Waals surface area contributed by atoms with Gasteiger partial charge in [0.05, 0.1) is 5.52 Å². The molecule has 5 nitrogen and oxygen atoms in total. The minimum atomic E-state index is -0.187. The summed E-state index contributed by atoms with van der Waals surface area (Å²) >= 11 is 0. The van der Waals surface area contributed by atoms with Gasteiger partial charge in [-0.2, -0.15) is 0 Å². The third-order valence-corrected chi connectivity index (χ3v) is 6.95. The number of hydrogen-bond donors (Lipinski definition) is 1. The minimum absolute atomic E-state index is 0.00663. The number of hydrogen-bond acceptors (Lipinski definition) is 4. The largest absolute Gasteiger partial charge is 0.486 e. The number of aryl methyl sites for hydroxylation is 1. The number of halogens is 1. The zero-order chi connectivity index (χ0) is 21.8. The van der Waals surface area contributed by atoms with Crippen LogP contribution in [0.4, 0.5) is 4.39 Å². The second-order valence-corrected chi connectivity index (χ2v) is 9.16. The fraction of sp³-hybridized carbons (Fsp3) is 0.346. The van der Waals surface area contributed by atoms with Crippen molar-refractivity contribution in [1.29, 1.82) is 0 Å². The number of fused-ring (bicyclic) bond motifs is 4. The zero-order valence-corrected chi connectivity index (χ0v) is 18.3. The first-order chi connectivity index (χ1) is 15.5. The quantitative estimate of drug-likeness (QED) is 0.492. The summed E-state index contributed by atoms with van der Waals surface area (Å²) in [4.78, 5) is 10.3. The molecule has 0 saturated carbocycles. The molecule has 1 saturated heterocycles. The van der Waals surface area contributed by atoms with Crippen LogP contribution >= 0.6 is 0 Å². The molecule has 164 valence electrons. The standard InChI is InChI=1S/C26H26FN3O2/c1-15-3-5-20-24(29-15)7-8-25-26(20)32-19(14-31-25)13-30-11-17(12-30)16(2)22-10-28-23-6-4-18(27)9-21(22)23/h3-10,16-17,19,28H,11-14H2,1-2H3. The van der Waals surface area contributed by atoms with Gasteiger partial charge in [0.25, 0.3) is 0 Å². The Morgan fingerprint density at radius 2 is 2.03 bits per heavy atom. The first kappa shape index (κ1) is 19.6. The minimum Gasteiger partial charge on any atom is -0.486 e. The van der Waals surface area contributed by atoms with Gasteiger partial charge in [0.15, 0.2) is 11.5 Å². The highest BCUT2D eigenvalue weighted by Gasteiger charge is 2.35. The van der Waals surface area contributed by atoms with E-state index < -0.39 is 0 Å². The molecular weight excluding hydrogens is 405 g/mol. The average molecular weight is 432 g/mol. The first-order valence-electron chi connectivity index (χ1n) is 11.2. The molecule has 6 rings (SSSR count). The maximum Gasteiger partial charge on any atom is 0.171 e. The van der Waals surface area contributed by atoms with Crippen LogP contribution in [0.1, 0.15) is 24.1 Å². The first-order valence-corrected chi connectivity index (χ1v) is 11.2. The second-order valence-electron chi connectivity index (χ2n) is 9.16. The Morgan fingerprint density at radius 1 is 1.16 bits per heavy atom. The molecule has 2 atom stereocenters. The Bertz CT molecular complexity index is 1310. The van der Waals surface area contributed by atoms with E-state index in [1.165, 1.54) is 11.6 Å². The van der Waals surface area contributed by atoms with Gasteiger partial charge in [0.2, 0.25) is 0 Å². The van der Waals surface area contributed by atoms with Gasteiger partial charge in [-0.15, -0.1) is 0 Å². The summed E-state index contributed by atoms with van der Waals surface area (Å²) in [6, 6.07) is 13.0. The lowest BCUT2D eigenvalue weighted by Gasteiger charge is -2.44. The molecule has 2 aromatic heterocycles. The van der Waals surface area contributed by atoms with Crippen LogP contribution in [0.2, 0.25) is 0 Å². The predicted octanol–water partition coefficient (Wildman–Crippen LogP) is 5.04. The van der Waals surface area contributed by atoms with E-state index in [0.717, 1.165) is 58.6 Å². The van der Waals surface area contributed by atoms with E-state index in [1.54, 1.807) is 6.07 Å². The maximum atomic E-state index is 13.7. The van der Waals surface area contributed by atoms with Crippen LogP contribution < -0.4 is 9.47 Å². The lowest BCUT2D eigenvalue weighted by atomic mass is 9.82. The lowest BCUT2D eigenvalue weighted by Crippen LogP contribution is -2.53. The Hall–Kier alpha value is -3.12. The average Bonchev–Trinajstić information content (AvgIpc) is 3.18. The van der Waals surface area contributed by atoms with Gasteiger partial charge in [0.1, 0.15) is 18.5 Å². The number of aromatic nitrogens is 2. The molecule has 1 fully saturated rings. The molecule has 0 radical (unpaired) electrons. The molecule has 2 aliphatic rings. The molecule has 2 unspecified atom stereocenters. The van der Waals surface area contributed by atoms with Crippen LogP contribution in [0.5, 0.6) is 11.5 Å². The fourth-order valence-corrected chi connectivity index (χ4v) is 5.08. The summed E-state index contributed by atoms with van der Waals surface area (Å²) < 4.78 is 26.1. The van der Waals surface area contributed by atoms with Gasteiger partial charge in [-0.05, 0) is 66.8 Å². The monoisotopic (exact) mass is 431 g/mol. The zero-order valence-electron chi connectivity index (χ0n) is 18.3. The maximum absolute atomic E-state index is 13.7. The number of rotatable bonds is 4. The van der Waals surface area contributed by atoms with Crippen molar-refractivity contribution in [2.45, 2.75) is 25.9 Å². The summed E-state index contributed by atoms with van der Waals surface area (Å²) in [6.45, 7) is 7.63. The van der Waals surface area contributed by atoms with Crippen LogP contribution in [0.15, 0.2) is 48.7 Å². The molecule has 32 heavy (non-hydrogen) atoms. The van der Waals surface area contributed by atoms with Gasteiger partial charge in [-0.3, -0.25) is 9.88 Å².